The molecule has 1 fully saturated rings. The SMILES string of the molecule is CNS(=O)(=O)c1ccc(Cl)c(C(=O)NCc2ccc(C[NH+]3CCCC3)cc2)c1. The average Bonchev–Trinajstić information content (AvgIpc) is 3.20. The van der Waals surface area contributed by atoms with Gasteiger partial charge in [-0.15, -0.1) is 0 Å². The molecule has 28 heavy (non-hydrogen) atoms. The molecule has 1 amide bonds. The number of rotatable bonds is 7. The van der Waals surface area contributed by atoms with Crippen LogP contribution in [0.4, 0.5) is 0 Å². The zero-order valence-electron chi connectivity index (χ0n) is 15.8. The first-order chi connectivity index (χ1) is 13.4. The van der Waals surface area contributed by atoms with Gasteiger partial charge in [-0.25, -0.2) is 13.1 Å². The summed E-state index contributed by atoms with van der Waals surface area (Å²) in [5.74, 6) is -0.413. The third-order valence-electron chi connectivity index (χ3n) is 5.00. The zero-order valence-corrected chi connectivity index (χ0v) is 17.4. The van der Waals surface area contributed by atoms with E-state index in [4.69, 9.17) is 11.6 Å². The van der Waals surface area contributed by atoms with E-state index in [0.717, 1.165) is 12.1 Å². The molecule has 2 aromatic rings. The molecule has 1 heterocycles. The van der Waals surface area contributed by atoms with Gasteiger partial charge >= 0.3 is 0 Å². The summed E-state index contributed by atoms with van der Waals surface area (Å²) in [5, 5.41) is 3.01. The second kappa shape index (κ2) is 9.05. The molecule has 0 radical (unpaired) electrons. The number of carbonyl (C=O) groups excluding carboxylic acids is 1. The number of carbonyl (C=O) groups is 1. The van der Waals surface area contributed by atoms with Crippen molar-refractivity contribution in [3.63, 3.8) is 0 Å². The Morgan fingerprint density at radius 1 is 1.07 bits per heavy atom. The van der Waals surface area contributed by atoms with Crippen LogP contribution < -0.4 is 14.9 Å². The van der Waals surface area contributed by atoms with Crippen molar-refractivity contribution < 1.29 is 18.1 Å². The van der Waals surface area contributed by atoms with Gasteiger partial charge in [-0.1, -0.05) is 35.9 Å². The summed E-state index contributed by atoms with van der Waals surface area (Å²) in [5.41, 5.74) is 2.40. The predicted octanol–water partition coefficient (Wildman–Crippen LogP) is 1.36. The van der Waals surface area contributed by atoms with Gasteiger partial charge in [0.25, 0.3) is 5.91 Å². The number of benzene rings is 2. The summed E-state index contributed by atoms with van der Waals surface area (Å²) in [4.78, 5) is 14.1. The Balaban J connectivity index is 1.63. The molecule has 0 unspecified atom stereocenters. The van der Waals surface area contributed by atoms with Crippen LogP contribution >= 0.6 is 11.6 Å². The van der Waals surface area contributed by atoms with Crippen LogP contribution in [0.25, 0.3) is 0 Å². The van der Waals surface area contributed by atoms with Gasteiger partial charge in [0.1, 0.15) is 6.54 Å². The zero-order chi connectivity index (χ0) is 20.1. The van der Waals surface area contributed by atoms with Crippen molar-refractivity contribution in [2.45, 2.75) is 30.8 Å². The molecule has 0 bridgehead atoms. The van der Waals surface area contributed by atoms with E-state index in [1.165, 1.54) is 56.7 Å². The molecule has 150 valence electrons. The maximum Gasteiger partial charge on any atom is 0.253 e. The summed E-state index contributed by atoms with van der Waals surface area (Å²) >= 11 is 6.09. The van der Waals surface area contributed by atoms with Crippen molar-refractivity contribution in [1.29, 1.82) is 0 Å². The molecule has 0 spiro atoms. The van der Waals surface area contributed by atoms with Crippen molar-refractivity contribution in [1.82, 2.24) is 10.0 Å². The summed E-state index contributed by atoms with van der Waals surface area (Å²) in [7, 11) is -2.33. The normalized spacial score (nSPS) is 14.9. The van der Waals surface area contributed by atoms with Gasteiger partial charge in [0.05, 0.1) is 28.6 Å². The van der Waals surface area contributed by atoms with Crippen LogP contribution in [0.1, 0.15) is 34.3 Å². The van der Waals surface area contributed by atoms with E-state index < -0.39 is 15.9 Å². The highest BCUT2D eigenvalue weighted by molar-refractivity contribution is 7.89. The summed E-state index contributed by atoms with van der Waals surface area (Å²) < 4.78 is 26.1. The van der Waals surface area contributed by atoms with Crippen molar-refractivity contribution in [3.05, 3.63) is 64.2 Å². The van der Waals surface area contributed by atoms with Gasteiger partial charge in [-0.3, -0.25) is 4.79 Å². The van der Waals surface area contributed by atoms with Gasteiger partial charge in [-0.05, 0) is 30.8 Å². The molecule has 6 nitrogen and oxygen atoms in total. The number of halogens is 1. The topological polar surface area (TPSA) is 79.7 Å². The number of quaternary nitrogens is 1. The second-order valence-corrected chi connectivity index (χ2v) is 9.28. The van der Waals surface area contributed by atoms with Crippen molar-refractivity contribution in [2.75, 3.05) is 20.1 Å². The monoisotopic (exact) mass is 422 g/mol. The molecule has 0 saturated carbocycles. The Bertz CT molecular complexity index is 940. The molecular weight excluding hydrogens is 398 g/mol. The lowest BCUT2D eigenvalue weighted by Gasteiger charge is -2.12. The van der Waals surface area contributed by atoms with Crippen molar-refractivity contribution in [2.24, 2.45) is 0 Å². The Labute approximate surface area is 170 Å². The van der Waals surface area contributed by atoms with E-state index in [2.05, 4.69) is 22.2 Å². The fourth-order valence-electron chi connectivity index (χ4n) is 3.36. The van der Waals surface area contributed by atoms with Gasteiger partial charge < -0.3 is 10.2 Å². The molecule has 3 N–H and O–H groups in total. The van der Waals surface area contributed by atoms with Crippen LogP contribution in [-0.4, -0.2) is 34.5 Å². The second-order valence-electron chi connectivity index (χ2n) is 6.98. The Morgan fingerprint density at radius 2 is 1.71 bits per heavy atom. The Hall–Kier alpha value is -1.93. The van der Waals surface area contributed by atoms with Crippen LogP contribution in [0.2, 0.25) is 5.02 Å². The number of nitrogens with one attached hydrogen (secondary N) is 3. The summed E-state index contributed by atoms with van der Waals surface area (Å²) in [6, 6.07) is 12.3. The molecule has 8 heteroatoms. The molecule has 3 rings (SSSR count). The molecular formula is C20H25ClN3O3S+. The molecule has 1 saturated heterocycles. The summed E-state index contributed by atoms with van der Waals surface area (Å²) in [6.07, 6.45) is 2.61. The average molecular weight is 423 g/mol. The first-order valence-corrected chi connectivity index (χ1v) is 11.2. The van der Waals surface area contributed by atoms with E-state index in [-0.39, 0.29) is 15.5 Å². The summed E-state index contributed by atoms with van der Waals surface area (Å²) in [6.45, 7) is 3.85. The third kappa shape index (κ3) is 5.11. The van der Waals surface area contributed by atoms with Gasteiger partial charge in [0.15, 0.2) is 0 Å². The number of hydrogen-bond donors (Lipinski definition) is 3. The minimum Gasteiger partial charge on any atom is -0.348 e. The van der Waals surface area contributed by atoms with Crippen molar-refractivity contribution >= 4 is 27.5 Å². The Morgan fingerprint density at radius 3 is 2.36 bits per heavy atom. The fraction of sp³-hybridized carbons (Fsp3) is 0.350. The lowest BCUT2D eigenvalue weighted by molar-refractivity contribution is -0.901. The van der Waals surface area contributed by atoms with E-state index in [1.807, 2.05) is 12.1 Å². The predicted molar refractivity (Wildman–Crippen MR) is 109 cm³/mol. The lowest BCUT2D eigenvalue weighted by Crippen LogP contribution is -3.08. The van der Waals surface area contributed by atoms with Crippen LogP contribution in [-0.2, 0) is 23.1 Å². The largest absolute Gasteiger partial charge is 0.348 e. The fourth-order valence-corrected chi connectivity index (χ4v) is 4.32. The van der Waals surface area contributed by atoms with E-state index in [0.29, 0.717) is 6.54 Å². The number of sulfonamides is 1. The molecule has 0 atom stereocenters. The first-order valence-electron chi connectivity index (χ1n) is 9.32. The molecule has 2 aromatic carbocycles. The van der Waals surface area contributed by atoms with E-state index in [1.54, 1.807) is 4.90 Å². The molecule has 1 aliphatic rings. The van der Waals surface area contributed by atoms with Crippen LogP contribution in [0.15, 0.2) is 47.4 Å². The van der Waals surface area contributed by atoms with Crippen LogP contribution in [0, 0.1) is 0 Å². The molecule has 0 aromatic heterocycles. The number of hydrogen-bond acceptors (Lipinski definition) is 3. The molecule has 0 aliphatic carbocycles. The first kappa shape index (κ1) is 20.8. The van der Waals surface area contributed by atoms with Crippen LogP contribution in [0.5, 0.6) is 0 Å². The van der Waals surface area contributed by atoms with Gasteiger partial charge in [0, 0.05) is 24.9 Å². The highest BCUT2D eigenvalue weighted by Crippen LogP contribution is 2.20. The third-order valence-corrected chi connectivity index (χ3v) is 6.74. The van der Waals surface area contributed by atoms with Crippen LogP contribution in [0.3, 0.4) is 0 Å². The lowest BCUT2D eigenvalue weighted by atomic mass is 10.1. The maximum absolute atomic E-state index is 12.5. The number of amides is 1. The Kier molecular flexibility index (Phi) is 6.72. The smallest absolute Gasteiger partial charge is 0.253 e. The standard InChI is InChI=1S/C20H24ClN3O3S/c1-22-28(26,27)17-8-9-19(21)18(12-17)20(25)23-13-15-4-6-16(7-5-15)14-24-10-2-3-11-24/h4-9,12,22H,2-3,10-11,13-14H2,1H3,(H,23,25)/p+1. The van der Waals surface area contributed by atoms with E-state index >= 15 is 0 Å². The number of likely N-dealkylation sites (tertiary alicyclic amines) is 1. The molecule has 1 aliphatic heterocycles. The van der Waals surface area contributed by atoms with Gasteiger partial charge in [0.2, 0.25) is 10.0 Å². The minimum atomic E-state index is -3.64. The quantitative estimate of drug-likeness (QED) is 0.630. The minimum absolute atomic E-state index is 0.00156. The van der Waals surface area contributed by atoms with Crippen molar-refractivity contribution in [3.8, 4) is 0 Å². The maximum atomic E-state index is 12.5. The highest BCUT2D eigenvalue weighted by atomic mass is 35.5. The van der Waals surface area contributed by atoms with Gasteiger partial charge in [-0.2, -0.15) is 0 Å². The highest BCUT2D eigenvalue weighted by Gasteiger charge is 2.18. The van der Waals surface area contributed by atoms with E-state index in [9.17, 15) is 13.2 Å².